The molecule has 1 aromatic carbocycles. The molecule has 0 aromatic heterocycles. The van der Waals surface area contributed by atoms with Crippen LogP contribution in [0.2, 0.25) is 0 Å². The van der Waals surface area contributed by atoms with E-state index in [2.05, 4.69) is 49.9 Å². The first-order chi connectivity index (χ1) is 8.95. The Bertz CT molecular complexity index is 398. The minimum absolute atomic E-state index is 0.244. The predicted molar refractivity (Wildman–Crippen MR) is 82.5 cm³/mol. The van der Waals surface area contributed by atoms with Gasteiger partial charge in [-0.1, -0.05) is 45.0 Å². The van der Waals surface area contributed by atoms with Crippen LogP contribution in [-0.4, -0.2) is 30.6 Å². The summed E-state index contributed by atoms with van der Waals surface area (Å²) in [6.07, 6.45) is 3.46. The van der Waals surface area contributed by atoms with Gasteiger partial charge >= 0.3 is 0 Å². The molecule has 1 fully saturated rings. The molecule has 0 atom stereocenters. The van der Waals surface area contributed by atoms with Crippen LogP contribution in [0, 0.1) is 0 Å². The number of nitrogens with two attached hydrogens (primary N) is 1. The molecular formula is C17H28N2. The standard InChI is InChI=1S/C17H28N2/c1-17(2,3)15-6-4-5-14(13-15)7-10-19-11-8-16(18)9-12-19/h4-6,13,16H,7-12,18H2,1-3H3. The van der Waals surface area contributed by atoms with Crippen LogP contribution in [-0.2, 0) is 11.8 Å². The van der Waals surface area contributed by atoms with Crippen molar-refractivity contribution in [2.45, 2.75) is 51.5 Å². The normalized spacial score (nSPS) is 18.7. The van der Waals surface area contributed by atoms with E-state index >= 15 is 0 Å². The van der Waals surface area contributed by atoms with Crippen molar-refractivity contribution in [3.63, 3.8) is 0 Å². The van der Waals surface area contributed by atoms with Crippen LogP contribution in [0.15, 0.2) is 24.3 Å². The average molecular weight is 260 g/mol. The Hall–Kier alpha value is -0.860. The van der Waals surface area contributed by atoms with Gasteiger partial charge in [-0.2, -0.15) is 0 Å². The van der Waals surface area contributed by atoms with Gasteiger partial charge in [0.05, 0.1) is 0 Å². The number of hydrogen-bond acceptors (Lipinski definition) is 2. The van der Waals surface area contributed by atoms with Crippen LogP contribution in [0.4, 0.5) is 0 Å². The molecule has 1 aliphatic rings. The van der Waals surface area contributed by atoms with Gasteiger partial charge in [-0.3, -0.25) is 0 Å². The van der Waals surface area contributed by atoms with Crippen molar-refractivity contribution in [1.29, 1.82) is 0 Å². The Kier molecular flexibility index (Phi) is 4.64. The molecule has 0 aliphatic carbocycles. The van der Waals surface area contributed by atoms with Crippen molar-refractivity contribution < 1.29 is 0 Å². The smallest absolute Gasteiger partial charge is 0.00631 e. The van der Waals surface area contributed by atoms with Gasteiger partial charge in [0.2, 0.25) is 0 Å². The summed E-state index contributed by atoms with van der Waals surface area (Å²) >= 11 is 0. The SMILES string of the molecule is CC(C)(C)c1cccc(CCN2CCC(N)CC2)c1. The maximum Gasteiger partial charge on any atom is 0.00631 e. The molecule has 0 radical (unpaired) electrons. The largest absolute Gasteiger partial charge is 0.328 e. The van der Waals surface area contributed by atoms with Gasteiger partial charge in [-0.25, -0.2) is 0 Å². The van der Waals surface area contributed by atoms with Crippen LogP contribution < -0.4 is 5.73 Å². The second-order valence-corrected chi connectivity index (χ2v) is 6.88. The third-order valence-electron chi connectivity index (χ3n) is 4.14. The van der Waals surface area contributed by atoms with Crippen molar-refractivity contribution in [2.75, 3.05) is 19.6 Å². The van der Waals surface area contributed by atoms with Crippen molar-refractivity contribution in [1.82, 2.24) is 4.90 Å². The van der Waals surface area contributed by atoms with E-state index in [4.69, 9.17) is 5.73 Å². The first-order valence-electron chi connectivity index (χ1n) is 7.52. The molecule has 0 saturated carbocycles. The van der Waals surface area contributed by atoms with E-state index in [0.29, 0.717) is 6.04 Å². The molecule has 1 aliphatic heterocycles. The Balaban J connectivity index is 1.89. The van der Waals surface area contributed by atoms with Gasteiger partial charge in [-0.15, -0.1) is 0 Å². The van der Waals surface area contributed by atoms with E-state index in [1.54, 1.807) is 0 Å². The molecule has 0 amide bonds. The fourth-order valence-electron chi connectivity index (χ4n) is 2.66. The zero-order valence-electron chi connectivity index (χ0n) is 12.7. The van der Waals surface area contributed by atoms with Gasteiger partial charge < -0.3 is 10.6 Å². The third kappa shape index (κ3) is 4.32. The van der Waals surface area contributed by atoms with Crippen molar-refractivity contribution >= 4 is 0 Å². The van der Waals surface area contributed by atoms with E-state index in [1.807, 2.05) is 0 Å². The molecule has 106 valence electrons. The summed E-state index contributed by atoms with van der Waals surface area (Å²) in [4.78, 5) is 2.55. The van der Waals surface area contributed by atoms with E-state index in [9.17, 15) is 0 Å². The summed E-state index contributed by atoms with van der Waals surface area (Å²) in [6, 6.07) is 9.49. The highest BCUT2D eigenvalue weighted by Crippen LogP contribution is 2.23. The molecular weight excluding hydrogens is 232 g/mol. The quantitative estimate of drug-likeness (QED) is 0.905. The monoisotopic (exact) mass is 260 g/mol. The van der Waals surface area contributed by atoms with Crippen LogP contribution in [0.25, 0.3) is 0 Å². The Morgan fingerprint density at radius 3 is 2.53 bits per heavy atom. The molecule has 1 saturated heterocycles. The zero-order valence-corrected chi connectivity index (χ0v) is 12.7. The molecule has 2 rings (SSSR count). The lowest BCUT2D eigenvalue weighted by Gasteiger charge is -2.30. The van der Waals surface area contributed by atoms with E-state index in [1.165, 1.54) is 30.8 Å². The van der Waals surface area contributed by atoms with Gasteiger partial charge in [-0.05, 0) is 48.9 Å². The van der Waals surface area contributed by atoms with E-state index in [0.717, 1.165) is 19.3 Å². The number of nitrogens with zero attached hydrogens (tertiary/aromatic N) is 1. The summed E-state index contributed by atoms with van der Waals surface area (Å²) in [5.41, 5.74) is 9.09. The molecule has 1 aromatic rings. The van der Waals surface area contributed by atoms with Crippen molar-refractivity contribution in [3.8, 4) is 0 Å². The minimum atomic E-state index is 0.244. The second-order valence-electron chi connectivity index (χ2n) is 6.88. The highest BCUT2D eigenvalue weighted by molar-refractivity contribution is 5.28. The third-order valence-corrected chi connectivity index (χ3v) is 4.14. The Morgan fingerprint density at radius 1 is 1.21 bits per heavy atom. The van der Waals surface area contributed by atoms with Crippen molar-refractivity contribution in [3.05, 3.63) is 35.4 Å². The second kappa shape index (κ2) is 6.06. The molecule has 1 heterocycles. The predicted octanol–water partition coefficient (Wildman–Crippen LogP) is 2.95. The molecule has 2 N–H and O–H groups in total. The van der Waals surface area contributed by atoms with Crippen LogP contribution in [0.1, 0.15) is 44.7 Å². The van der Waals surface area contributed by atoms with Crippen LogP contribution >= 0.6 is 0 Å². The number of piperidine rings is 1. The lowest BCUT2D eigenvalue weighted by molar-refractivity contribution is 0.215. The molecule has 0 unspecified atom stereocenters. The van der Waals surface area contributed by atoms with E-state index < -0.39 is 0 Å². The lowest BCUT2D eigenvalue weighted by Crippen LogP contribution is -2.40. The Labute approximate surface area is 118 Å². The van der Waals surface area contributed by atoms with Crippen LogP contribution in [0.5, 0.6) is 0 Å². The topological polar surface area (TPSA) is 29.3 Å². The summed E-state index contributed by atoms with van der Waals surface area (Å²) in [5.74, 6) is 0. The first kappa shape index (κ1) is 14.5. The lowest BCUT2D eigenvalue weighted by atomic mass is 9.86. The maximum atomic E-state index is 5.95. The summed E-state index contributed by atoms with van der Waals surface area (Å²) in [7, 11) is 0. The van der Waals surface area contributed by atoms with Gasteiger partial charge in [0.15, 0.2) is 0 Å². The summed E-state index contributed by atoms with van der Waals surface area (Å²) in [6.45, 7) is 10.3. The molecule has 2 heteroatoms. The number of likely N-dealkylation sites (tertiary alicyclic amines) is 1. The van der Waals surface area contributed by atoms with Gasteiger partial charge in [0.1, 0.15) is 0 Å². The number of rotatable bonds is 3. The van der Waals surface area contributed by atoms with Crippen molar-refractivity contribution in [2.24, 2.45) is 5.73 Å². The maximum absolute atomic E-state index is 5.95. The fourth-order valence-corrected chi connectivity index (χ4v) is 2.66. The number of benzene rings is 1. The number of hydrogen-bond donors (Lipinski definition) is 1. The molecule has 0 spiro atoms. The highest BCUT2D eigenvalue weighted by atomic mass is 15.1. The zero-order chi connectivity index (χ0) is 13.9. The van der Waals surface area contributed by atoms with Gasteiger partial charge in [0, 0.05) is 12.6 Å². The molecule has 19 heavy (non-hydrogen) atoms. The average Bonchev–Trinajstić information content (AvgIpc) is 2.37. The van der Waals surface area contributed by atoms with Crippen LogP contribution in [0.3, 0.4) is 0 Å². The summed E-state index contributed by atoms with van der Waals surface area (Å²) < 4.78 is 0. The summed E-state index contributed by atoms with van der Waals surface area (Å²) in [5, 5.41) is 0. The first-order valence-corrected chi connectivity index (χ1v) is 7.52. The molecule has 2 nitrogen and oxygen atoms in total. The van der Waals surface area contributed by atoms with Gasteiger partial charge in [0.25, 0.3) is 0 Å². The minimum Gasteiger partial charge on any atom is -0.328 e. The highest BCUT2D eigenvalue weighted by Gasteiger charge is 2.16. The van der Waals surface area contributed by atoms with E-state index in [-0.39, 0.29) is 5.41 Å². The fraction of sp³-hybridized carbons (Fsp3) is 0.647. The molecule has 0 bridgehead atoms. The Morgan fingerprint density at radius 2 is 1.89 bits per heavy atom.